The summed E-state index contributed by atoms with van der Waals surface area (Å²) in [7, 11) is 1.67. The van der Waals surface area contributed by atoms with Gasteiger partial charge in [0.05, 0.1) is 20.3 Å². The number of rotatable bonds is 6. The molecule has 2 aliphatic heterocycles. The topological polar surface area (TPSA) is 51.0 Å². The molecule has 3 heterocycles. The minimum atomic E-state index is 0.799. The Morgan fingerprint density at radius 2 is 1.70 bits per heavy atom. The third kappa shape index (κ3) is 4.20. The molecular formula is C24H27N3O3. The Morgan fingerprint density at radius 3 is 2.47 bits per heavy atom. The van der Waals surface area contributed by atoms with Gasteiger partial charge in [-0.15, -0.1) is 0 Å². The highest BCUT2D eigenvalue weighted by atomic mass is 16.5. The fourth-order valence-corrected chi connectivity index (χ4v) is 4.21. The summed E-state index contributed by atoms with van der Waals surface area (Å²) in [5.41, 5.74) is 4.64. The third-order valence-electron chi connectivity index (χ3n) is 5.95. The van der Waals surface area contributed by atoms with Crippen molar-refractivity contribution < 1.29 is 14.0 Å². The van der Waals surface area contributed by atoms with E-state index in [1.165, 1.54) is 11.1 Å². The first-order valence-corrected chi connectivity index (χ1v) is 10.6. The van der Waals surface area contributed by atoms with E-state index in [9.17, 15) is 0 Å². The van der Waals surface area contributed by atoms with E-state index < -0.39 is 0 Å². The Balaban J connectivity index is 1.13. The molecule has 5 rings (SSSR count). The summed E-state index contributed by atoms with van der Waals surface area (Å²) >= 11 is 0. The Labute approximate surface area is 177 Å². The molecule has 30 heavy (non-hydrogen) atoms. The largest absolute Gasteiger partial charge is 0.497 e. The van der Waals surface area contributed by atoms with Crippen molar-refractivity contribution in [2.45, 2.75) is 19.5 Å². The van der Waals surface area contributed by atoms with Crippen LogP contribution in [0, 0.1) is 0 Å². The van der Waals surface area contributed by atoms with Gasteiger partial charge >= 0.3 is 0 Å². The summed E-state index contributed by atoms with van der Waals surface area (Å²) in [6, 6.07) is 16.6. The molecular weight excluding hydrogens is 378 g/mol. The lowest BCUT2D eigenvalue weighted by atomic mass is 10.1. The molecule has 0 atom stereocenters. The zero-order valence-corrected chi connectivity index (χ0v) is 17.3. The number of aromatic nitrogens is 1. The highest BCUT2D eigenvalue weighted by molar-refractivity contribution is 5.59. The number of fused-ring (bicyclic) bond motifs is 1. The molecule has 6 heteroatoms. The number of methoxy groups -OCH3 is 1. The molecule has 0 radical (unpaired) electrons. The average molecular weight is 405 g/mol. The Morgan fingerprint density at radius 1 is 0.933 bits per heavy atom. The fraction of sp³-hybridized carbons (Fsp3) is 0.375. The minimum Gasteiger partial charge on any atom is -0.497 e. The second-order valence-corrected chi connectivity index (χ2v) is 8.00. The maximum Gasteiger partial charge on any atom is 0.151 e. The quantitative estimate of drug-likeness (QED) is 0.625. The molecule has 1 saturated heterocycles. The number of hydrogen-bond acceptors (Lipinski definition) is 6. The van der Waals surface area contributed by atoms with Crippen LogP contribution in [0.2, 0.25) is 0 Å². The maximum absolute atomic E-state index is 5.61. The standard InChI is InChI=1S/C24H27N3O3/c1-28-21-5-3-19(4-6-21)23-15-22(30-25-23)17-27-11-9-26(10-12-27)16-18-2-7-24-20(14-18)8-13-29-24/h2-7,14-15H,8-13,16-17H2,1H3. The van der Waals surface area contributed by atoms with Crippen LogP contribution in [0.4, 0.5) is 0 Å². The molecule has 0 saturated carbocycles. The van der Waals surface area contributed by atoms with E-state index in [2.05, 4.69) is 33.2 Å². The lowest BCUT2D eigenvalue weighted by Crippen LogP contribution is -2.45. The van der Waals surface area contributed by atoms with Gasteiger partial charge in [-0.1, -0.05) is 17.3 Å². The van der Waals surface area contributed by atoms with Crippen LogP contribution in [0.25, 0.3) is 11.3 Å². The number of piperazine rings is 1. The van der Waals surface area contributed by atoms with Gasteiger partial charge in [-0.25, -0.2) is 0 Å². The summed E-state index contributed by atoms with van der Waals surface area (Å²) in [5.74, 6) is 2.81. The molecule has 0 aliphatic carbocycles. The van der Waals surface area contributed by atoms with Gasteiger partial charge in [0.15, 0.2) is 5.76 Å². The molecule has 2 aromatic carbocycles. The SMILES string of the molecule is COc1ccc(-c2cc(CN3CCN(Cc4ccc5c(c4)CCO5)CC3)on2)cc1. The van der Waals surface area contributed by atoms with Crippen LogP contribution in [0.15, 0.2) is 53.1 Å². The van der Waals surface area contributed by atoms with Crippen molar-refractivity contribution in [2.75, 3.05) is 39.9 Å². The normalized spacial score (nSPS) is 17.0. The van der Waals surface area contributed by atoms with E-state index >= 15 is 0 Å². The highest BCUT2D eigenvalue weighted by Crippen LogP contribution is 2.27. The number of benzene rings is 2. The first kappa shape index (κ1) is 19.2. The molecule has 0 unspecified atom stereocenters. The number of ether oxygens (including phenoxy) is 2. The Kier molecular flexibility index (Phi) is 5.43. The predicted octanol–water partition coefficient (Wildman–Crippen LogP) is 3.60. The fourth-order valence-electron chi connectivity index (χ4n) is 4.21. The monoisotopic (exact) mass is 405 g/mol. The van der Waals surface area contributed by atoms with E-state index in [1.54, 1.807) is 7.11 Å². The van der Waals surface area contributed by atoms with Crippen molar-refractivity contribution in [3.05, 3.63) is 65.4 Å². The van der Waals surface area contributed by atoms with Crippen LogP contribution in [-0.2, 0) is 19.5 Å². The van der Waals surface area contributed by atoms with Crippen LogP contribution in [0.1, 0.15) is 16.9 Å². The van der Waals surface area contributed by atoms with Crippen LogP contribution in [-0.4, -0.2) is 54.9 Å². The first-order valence-electron chi connectivity index (χ1n) is 10.6. The molecule has 156 valence electrons. The van der Waals surface area contributed by atoms with Crippen molar-refractivity contribution >= 4 is 0 Å². The summed E-state index contributed by atoms with van der Waals surface area (Å²) in [4.78, 5) is 4.96. The average Bonchev–Trinajstić information content (AvgIpc) is 3.44. The van der Waals surface area contributed by atoms with Gasteiger partial charge in [-0.3, -0.25) is 9.80 Å². The number of nitrogens with zero attached hydrogens (tertiary/aromatic N) is 3. The number of hydrogen-bond donors (Lipinski definition) is 0. The lowest BCUT2D eigenvalue weighted by Gasteiger charge is -2.34. The molecule has 1 aromatic heterocycles. The van der Waals surface area contributed by atoms with Gasteiger partial charge in [0, 0.05) is 50.8 Å². The van der Waals surface area contributed by atoms with E-state index in [4.69, 9.17) is 14.0 Å². The lowest BCUT2D eigenvalue weighted by molar-refractivity contribution is 0.114. The van der Waals surface area contributed by atoms with E-state index in [-0.39, 0.29) is 0 Å². The van der Waals surface area contributed by atoms with Gasteiger partial charge in [0.2, 0.25) is 0 Å². The van der Waals surface area contributed by atoms with Crippen LogP contribution in [0.5, 0.6) is 11.5 Å². The van der Waals surface area contributed by atoms with Crippen molar-refractivity contribution in [3.8, 4) is 22.8 Å². The van der Waals surface area contributed by atoms with Gasteiger partial charge < -0.3 is 14.0 Å². The maximum atomic E-state index is 5.61. The van der Waals surface area contributed by atoms with Gasteiger partial charge in [-0.2, -0.15) is 0 Å². The van der Waals surface area contributed by atoms with E-state index in [0.717, 1.165) is 80.8 Å². The second-order valence-electron chi connectivity index (χ2n) is 8.00. The summed E-state index contributed by atoms with van der Waals surface area (Å²) < 4.78 is 16.4. The molecule has 0 N–H and O–H groups in total. The van der Waals surface area contributed by atoms with E-state index in [0.29, 0.717) is 0 Å². The van der Waals surface area contributed by atoms with Gasteiger partial charge in [-0.05, 0) is 41.5 Å². The molecule has 0 bridgehead atoms. The first-order chi connectivity index (χ1) is 14.8. The molecule has 0 spiro atoms. The van der Waals surface area contributed by atoms with E-state index in [1.807, 2.05) is 30.3 Å². The summed E-state index contributed by atoms with van der Waals surface area (Å²) in [6.45, 7) is 6.82. The Hall–Kier alpha value is -2.83. The van der Waals surface area contributed by atoms with Crippen LogP contribution in [0.3, 0.4) is 0 Å². The highest BCUT2D eigenvalue weighted by Gasteiger charge is 2.20. The van der Waals surface area contributed by atoms with Gasteiger partial charge in [0.25, 0.3) is 0 Å². The smallest absolute Gasteiger partial charge is 0.151 e. The summed E-state index contributed by atoms with van der Waals surface area (Å²) in [5, 5.41) is 4.24. The Bertz CT molecular complexity index is 991. The van der Waals surface area contributed by atoms with Crippen molar-refractivity contribution in [2.24, 2.45) is 0 Å². The van der Waals surface area contributed by atoms with Crippen molar-refractivity contribution in [3.63, 3.8) is 0 Å². The van der Waals surface area contributed by atoms with Crippen LogP contribution >= 0.6 is 0 Å². The van der Waals surface area contributed by atoms with Gasteiger partial charge in [0.1, 0.15) is 17.2 Å². The van der Waals surface area contributed by atoms with Crippen LogP contribution < -0.4 is 9.47 Å². The molecule has 1 fully saturated rings. The van der Waals surface area contributed by atoms with Crippen molar-refractivity contribution in [1.29, 1.82) is 0 Å². The molecule has 0 amide bonds. The zero-order chi connectivity index (χ0) is 20.3. The third-order valence-corrected chi connectivity index (χ3v) is 5.95. The molecule has 3 aromatic rings. The predicted molar refractivity (Wildman–Crippen MR) is 115 cm³/mol. The minimum absolute atomic E-state index is 0.799. The van der Waals surface area contributed by atoms with Crippen molar-refractivity contribution in [1.82, 2.24) is 15.0 Å². The molecule has 6 nitrogen and oxygen atoms in total. The molecule has 2 aliphatic rings. The zero-order valence-electron chi connectivity index (χ0n) is 17.3. The second kappa shape index (κ2) is 8.50. The summed E-state index contributed by atoms with van der Waals surface area (Å²) in [6.07, 6.45) is 1.03.